The molecule has 0 aromatic heterocycles. The quantitative estimate of drug-likeness (QED) is 0.162. The standard InChI is InChI=1S/C36H36Cl3N3O4S/c1-25-16-19-30(22-32(25)38)42(47(45,46)31-14-6-3-7-15-31)24-35(43)41(23-27-17-18-28(37)21-33(27)39)34(20-26-10-4-2-5-11-26)36(44)40-29-12-8-9-13-29/h2-7,10-11,14-19,21-22,29,34H,8-9,12-13,20,23-24H2,1H3,(H,40,44)/t34-/m1/s1. The lowest BCUT2D eigenvalue weighted by atomic mass is 10.0. The van der Waals surface area contributed by atoms with Crippen LogP contribution in [0.2, 0.25) is 15.1 Å². The van der Waals surface area contributed by atoms with Crippen LogP contribution in [0.3, 0.4) is 0 Å². The Morgan fingerprint density at radius 1 is 0.851 bits per heavy atom. The molecule has 0 saturated heterocycles. The van der Waals surface area contributed by atoms with Gasteiger partial charge in [-0.2, -0.15) is 0 Å². The van der Waals surface area contributed by atoms with Crippen molar-refractivity contribution >= 4 is 62.3 Å². The second-order valence-corrected chi connectivity index (χ2v) is 14.8. The van der Waals surface area contributed by atoms with Gasteiger partial charge < -0.3 is 10.2 Å². The summed E-state index contributed by atoms with van der Waals surface area (Å²) in [7, 11) is -4.24. The number of nitrogens with one attached hydrogen (secondary N) is 1. The SMILES string of the molecule is Cc1ccc(N(CC(=O)N(Cc2ccc(Cl)cc2Cl)[C@H](Cc2ccccc2)C(=O)NC2CCCC2)S(=O)(=O)c2ccccc2)cc1Cl. The average Bonchev–Trinajstić information content (AvgIpc) is 3.57. The van der Waals surface area contributed by atoms with Gasteiger partial charge in [0.05, 0.1) is 10.6 Å². The molecule has 4 aromatic carbocycles. The van der Waals surface area contributed by atoms with Gasteiger partial charge in [0, 0.05) is 34.1 Å². The lowest BCUT2D eigenvalue weighted by Crippen LogP contribution is -2.54. The fourth-order valence-corrected chi connectivity index (χ4v) is 7.81. The molecular weight excluding hydrogens is 677 g/mol. The van der Waals surface area contributed by atoms with E-state index in [2.05, 4.69) is 5.32 Å². The summed E-state index contributed by atoms with van der Waals surface area (Å²) in [4.78, 5) is 30.2. The number of amides is 2. The van der Waals surface area contributed by atoms with Gasteiger partial charge in [0.15, 0.2) is 0 Å². The van der Waals surface area contributed by atoms with Crippen molar-refractivity contribution in [2.45, 2.75) is 62.6 Å². The zero-order valence-corrected chi connectivity index (χ0v) is 29.0. The van der Waals surface area contributed by atoms with E-state index in [-0.39, 0.29) is 35.5 Å². The first-order valence-electron chi connectivity index (χ1n) is 15.4. The number of rotatable bonds is 12. The Balaban J connectivity index is 1.59. The van der Waals surface area contributed by atoms with Crippen molar-refractivity contribution in [1.29, 1.82) is 0 Å². The van der Waals surface area contributed by atoms with E-state index in [4.69, 9.17) is 34.8 Å². The number of aryl methyl sites for hydroxylation is 1. The fraction of sp³-hybridized carbons (Fsp3) is 0.278. The van der Waals surface area contributed by atoms with E-state index in [0.29, 0.717) is 20.6 Å². The summed E-state index contributed by atoms with van der Waals surface area (Å²) in [6.07, 6.45) is 3.96. The topological polar surface area (TPSA) is 86.8 Å². The first-order chi connectivity index (χ1) is 22.5. The third kappa shape index (κ3) is 8.68. The summed E-state index contributed by atoms with van der Waals surface area (Å²) in [6.45, 7) is 1.16. The molecular formula is C36H36Cl3N3O4S. The molecule has 4 aromatic rings. The van der Waals surface area contributed by atoms with E-state index in [9.17, 15) is 18.0 Å². The molecule has 1 atom stereocenters. The van der Waals surface area contributed by atoms with Crippen LogP contribution in [0.1, 0.15) is 42.4 Å². The van der Waals surface area contributed by atoms with E-state index >= 15 is 0 Å². The van der Waals surface area contributed by atoms with Crippen molar-refractivity contribution in [3.8, 4) is 0 Å². The minimum absolute atomic E-state index is 0.00139. The van der Waals surface area contributed by atoms with Gasteiger partial charge in [-0.15, -0.1) is 0 Å². The molecule has 7 nitrogen and oxygen atoms in total. The smallest absolute Gasteiger partial charge is 0.264 e. The normalized spacial score (nSPS) is 14.0. The lowest BCUT2D eigenvalue weighted by molar-refractivity contribution is -0.140. The Hall–Kier alpha value is -3.56. The number of hydrogen-bond donors (Lipinski definition) is 1. The number of anilines is 1. The van der Waals surface area contributed by atoms with Crippen molar-refractivity contribution < 1.29 is 18.0 Å². The van der Waals surface area contributed by atoms with Gasteiger partial charge in [-0.25, -0.2) is 8.42 Å². The predicted octanol–water partition coefficient (Wildman–Crippen LogP) is 7.85. The molecule has 0 unspecified atom stereocenters. The van der Waals surface area contributed by atoms with Crippen LogP contribution in [0.4, 0.5) is 5.69 Å². The minimum Gasteiger partial charge on any atom is -0.352 e. The van der Waals surface area contributed by atoms with Crippen LogP contribution in [-0.2, 0) is 32.6 Å². The molecule has 246 valence electrons. The maximum atomic E-state index is 14.7. The summed E-state index contributed by atoms with van der Waals surface area (Å²) in [6, 6.07) is 26.1. The van der Waals surface area contributed by atoms with Crippen molar-refractivity contribution in [1.82, 2.24) is 10.2 Å². The van der Waals surface area contributed by atoms with Crippen molar-refractivity contribution in [2.75, 3.05) is 10.8 Å². The number of carbonyl (C=O) groups is 2. The number of carbonyl (C=O) groups excluding carboxylic acids is 2. The van der Waals surface area contributed by atoms with Crippen LogP contribution in [0.25, 0.3) is 0 Å². The zero-order chi connectivity index (χ0) is 33.6. The Kier molecular flexibility index (Phi) is 11.5. The van der Waals surface area contributed by atoms with E-state index < -0.39 is 28.5 Å². The molecule has 1 fully saturated rings. The van der Waals surface area contributed by atoms with E-state index in [1.807, 2.05) is 37.3 Å². The molecule has 1 saturated carbocycles. The van der Waals surface area contributed by atoms with E-state index in [0.717, 1.165) is 41.1 Å². The largest absolute Gasteiger partial charge is 0.352 e. The second-order valence-electron chi connectivity index (χ2n) is 11.7. The highest BCUT2D eigenvalue weighted by molar-refractivity contribution is 7.92. The summed E-state index contributed by atoms with van der Waals surface area (Å²) in [5.74, 6) is -0.898. The molecule has 5 rings (SSSR count). The molecule has 2 amide bonds. The van der Waals surface area contributed by atoms with Crippen molar-refractivity contribution in [2.24, 2.45) is 0 Å². The second kappa shape index (κ2) is 15.6. The Morgan fingerprint density at radius 3 is 2.15 bits per heavy atom. The van der Waals surface area contributed by atoms with E-state index in [1.54, 1.807) is 48.5 Å². The highest BCUT2D eigenvalue weighted by atomic mass is 35.5. The maximum absolute atomic E-state index is 14.7. The van der Waals surface area contributed by atoms with Crippen LogP contribution >= 0.6 is 34.8 Å². The van der Waals surface area contributed by atoms with Crippen LogP contribution in [0.15, 0.2) is 102 Å². The summed E-state index contributed by atoms with van der Waals surface area (Å²) < 4.78 is 29.4. The number of benzene rings is 4. The molecule has 0 bridgehead atoms. The average molecular weight is 713 g/mol. The monoisotopic (exact) mass is 711 g/mol. The maximum Gasteiger partial charge on any atom is 0.264 e. The van der Waals surface area contributed by atoms with Crippen molar-refractivity contribution in [3.05, 3.63) is 129 Å². The molecule has 1 aliphatic rings. The predicted molar refractivity (Wildman–Crippen MR) is 189 cm³/mol. The Labute approximate surface area is 291 Å². The molecule has 0 aliphatic heterocycles. The molecule has 0 heterocycles. The Bertz CT molecular complexity index is 1820. The third-order valence-corrected chi connectivity index (χ3v) is 11.2. The van der Waals surface area contributed by atoms with Gasteiger partial charge >= 0.3 is 0 Å². The number of halogens is 3. The molecule has 0 radical (unpaired) electrons. The fourth-order valence-electron chi connectivity index (χ4n) is 5.74. The summed E-state index contributed by atoms with van der Waals surface area (Å²) in [5, 5.41) is 4.26. The highest BCUT2D eigenvalue weighted by Crippen LogP contribution is 2.30. The van der Waals surface area contributed by atoms with Crippen LogP contribution in [0.5, 0.6) is 0 Å². The molecule has 1 N–H and O–H groups in total. The zero-order valence-electron chi connectivity index (χ0n) is 25.9. The van der Waals surface area contributed by atoms with Gasteiger partial charge in [-0.1, -0.05) is 108 Å². The van der Waals surface area contributed by atoms with Gasteiger partial charge in [-0.3, -0.25) is 13.9 Å². The van der Waals surface area contributed by atoms with Crippen LogP contribution < -0.4 is 9.62 Å². The Morgan fingerprint density at radius 2 is 1.51 bits per heavy atom. The molecule has 1 aliphatic carbocycles. The number of hydrogen-bond acceptors (Lipinski definition) is 4. The first kappa shape index (κ1) is 34.8. The van der Waals surface area contributed by atoms with Gasteiger partial charge in [0.2, 0.25) is 11.8 Å². The number of sulfonamides is 1. The summed E-state index contributed by atoms with van der Waals surface area (Å²) in [5.41, 5.74) is 2.38. The van der Waals surface area contributed by atoms with Crippen LogP contribution in [0, 0.1) is 6.92 Å². The highest BCUT2D eigenvalue weighted by Gasteiger charge is 2.36. The third-order valence-electron chi connectivity index (χ3n) is 8.38. The van der Waals surface area contributed by atoms with Gasteiger partial charge in [-0.05, 0) is 72.9 Å². The molecule has 11 heteroatoms. The van der Waals surface area contributed by atoms with Gasteiger partial charge in [0.25, 0.3) is 10.0 Å². The van der Waals surface area contributed by atoms with E-state index in [1.165, 1.54) is 23.1 Å². The van der Waals surface area contributed by atoms with Gasteiger partial charge in [0.1, 0.15) is 12.6 Å². The van der Waals surface area contributed by atoms with Crippen molar-refractivity contribution in [3.63, 3.8) is 0 Å². The minimum atomic E-state index is -4.24. The molecule has 47 heavy (non-hydrogen) atoms. The lowest BCUT2D eigenvalue weighted by Gasteiger charge is -2.34. The molecule has 0 spiro atoms. The number of nitrogens with zero attached hydrogens (tertiary/aromatic N) is 2. The first-order valence-corrected chi connectivity index (χ1v) is 18.0. The summed E-state index contributed by atoms with van der Waals surface area (Å²) >= 11 is 19.2. The van der Waals surface area contributed by atoms with Crippen LogP contribution in [-0.4, -0.2) is 43.8 Å².